The van der Waals surface area contributed by atoms with Crippen LogP contribution in [0.5, 0.6) is 5.88 Å². The maximum atomic E-state index is 13.0. The number of aryl methyl sites for hydroxylation is 1. The summed E-state index contributed by atoms with van der Waals surface area (Å²) >= 11 is 0. The molecule has 2 aliphatic heterocycles. The number of aromatic nitrogens is 2. The zero-order valence-electron chi connectivity index (χ0n) is 22.5. The third-order valence-corrected chi connectivity index (χ3v) is 12.9. The highest BCUT2D eigenvalue weighted by Crippen LogP contribution is 2.44. The molecule has 0 bridgehead atoms. The lowest BCUT2D eigenvalue weighted by Crippen LogP contribution is -2.44. The van der Waals surface area contributed by atoms with E-state index in [-0.39, 0.29) is 15.8 Å². The van der Waals surface area contributed by atoms with Crippen molar-refractivity contribution in [3.8, 4) is 5.88 Å². The first-order chi connectivity index (χ1) is 17.0. The summed E-state index contributed by atoms with van der Waals surface area (Å²) in [4.78, 5) is 16.8. The lowest BCUT2D eigenvalue weighted by molar-refractivity contribution is -0.200. The van der Waals surface area contributed by atoms with Gasteiger partial charge in [0.2, 0.25) is 5.88 Å². The lowest BCUT2D eigenvalue weighted by Gasteiger charge is -2.37. The van der Waals surface area contributed by atoms with Gasteiger partial charge in [-0.1, -0.05) is 38.5 Å². The van der Waals surface area contributed by atoms with Gasteiger partial charge >= 0.3 is 15.8 Å². The lowest BCUT2D eigenvalue weighted by atomic mass is 10.1. The zero-order chi connectivity index (χ0) is 27.4. The van der Waals surface area contributed by atoms with Crippen LogP contribution in [0.25, 0.3) is 0 Å². The largest absolute Gasteiger partial charge is 0.414 e. The molecule has 0 unspecified atom stereocenters. The Labute approximate surface area is 219 Å². The van der Waals surface area contributed by atoms with E-state index in [1.54, 1.807) is 12.1 Å². The minimum atomic E-state index is -4.15. The quantitative estimate of drug-likeness (QED) is 0.374. The number of hydrogen-bond donors (Lipinski definition) is 0. The van der Waals surface area contributed by atoms with Gasteiger partial charge in [-0.2, -0.15) is 13.4 Å². The van der Waals surface area contributed by atoms with Crippen LogP contribution in [-0.4, -0.2) is 57.0 Å². The van der Waals surface area contributed by atoms with Gasteiger partial charge in [0.15, 0.2) is 20.3 Å². The van der Waals surface area contributed by atoms with Crippen molar-refractivity contribution in [2.24, 2.45) is 0 Å². The molecule has 0 radical (unpaired) electrons. The monoisotopic (exact) mass is 552 g/mol. The second-order valence-electron chi connectivity index (χ2n) is 11.5. The molecule has 0 spiro atoms. The predicted molar refractivity (Wildman–Crippen MR) is 138 cm³/mol. The van der Waals surface area contributed by atoms with E-state index in [1.807, 2.05) is 20.8 Å². The van der Waals surface area contributed by atoms with Gasteiger partial charge in [0.1, 0.15) is 23.2 Å². The van der Waals surface area contributed by atoms with Crippen molar-refractivity contribution in [1.82, 2.24) is 9.55 Å². The van der Waals surface area contributed by atoms with Crippen molar-refractivity contribution in [1.29, 1.82) is 0 Å². The summed E-state index contributed by atoms with van der Waals surface area (Å²) in [7, 11) is -6.21. The van der Waals surface area contributed by atoms with E-state index in [2.05, 4.69) is 38.8 Å². The van der Waals surface area contributed by atoms with E-state index in [1.165, 1.54) is 29.0 Å². The van der Waals surface area contributed by atoms with E-state index in [9.17, 15) is 13.2 Å². The van der Waals surface area contributed by atoms with Gasteiger partial charge in [-0.05, 0) is 51.0 Å². The molecule has 2 saturated heterocycles. The standard InChI is InChI=1S/C25H36N2O8SSi/c1-16-9-11-17(12-10-16)36(29,30)35-19-13-14-27(23(28)26-19)22-21-20(33-25(5,6)34-21)18(32-22)15-31-37(7,8)24(2,3)4/h9-14,18,20-22H,15H2,1-8H3/t18-,20-,21-,22-/m1/s1. The molecule has 1 aromatic carbocycles. The Bertz CT molecular complexity index is 1300. The fraction of sp³-hybridized carbons (Fsp3) is 0.600. The number of rotatable bonds is 7. The van der Waals surface area contributed by atoms with Crippen molar-refractivity contribution in [3.05, 3.63) is 52.6 Å². The first kappa shape index (κ1) is 27.9. The fourth-order valence-electron chi connectivity index (χ4n) is 4.03. The van der Waals surface area contributed by atoms with Crippen molar-refractivity contribution in [2.75, 3.05) is 6.61 Å². The van der Waals surface area contributed by atoms with Crippen LogP contribution >= 0.6 is 0 Å². The van der Waals surface area contributed by atoms with E-state index in [0.29, 0.717) is 6.61 Å². The van der Waals surface area contributed by atoms with E-state index in [0.717, 1.165) is 5.56 Å². The van der Waals surface area contributed by atoms with E-state index >= 15 is 0 Å². The molecular formula is C25H36N2O8SSi. The molecule has 3 heterocycles. The summed E-state index contributed by atoms with van der Waals surface area (Å²) in [6.45, 7) is 16.6. The Hall–Kier alpha value is -2.09. The highest BCUT2D eigenvalue weighted by Gasteiger charge is 2.56. The molecule has 12 heteroatoms. The minimum Gasteiger partial charge on any atom is -0.414 e. The summed E-state index contributed by atoms with van der Waals surface area (Å²) in [6.07, 6.45) is -0.929. The summed E-state index contributed by atoms with van der Waals surface area (Å²) in [5.74, 6) is -1.20. The molecule has 2 aromatic rings. The Morgan fingerprint density at radius 1 is 1.08 bits per heavy atom. The molecule has 37 heavy (non-hydrogen) atoms. The van der Waals surface area contributed by atoms with E-state index in [4.69, 9.17) is 22.8 Å². The first-order valence-electron chi connectivity index (χ1n) is 12.2. The summed E-state index contributed by atoms with van der Waals surface area (Å²) in [6, 6.07) is 7.50. The molecule has 4 rings (SSSR count). The van der Waals surface area contributed by atoms with Crippen molar-refractivity contribution >= 4 is 18.4 Å². The van der Waals surface area contributed by atoms with Gasteiger partial charge in [-0.3, -0.25) is 4.57 Å². The third-order valence-electron chi connectivity index (χ3n) is 7.12. The van der Waals surface area contributed by atoms with Crippen molar-refractivity contribution < 1.29 is 31.2 Å². The number of benzene rings is 1. The van der Waals surface area contributed by atoms with Crippen molar-refractivity contribution in [3.63, 3.8) is 0 Å². The molecule has 0 amide bonds. The Kier molecular flexibility index (Phi) is 7.23. The van der Waals surface area contributed by atoms with Gasteiger partial charge in [0, 0.05) is 12.3 Å². The maximum Gasteiger partial charge on any atom is 0.353 e. The van der Waals surface area contributed by atoms with Gasteiger partial charge in [-0.15, -0.1) is 0 Å². The Morgan fingerprint density at radius 3 is 2.30 bits per heavy atom. The van der Waals surface area contributed by atoms with Crippen LogP contribution in [0.4, 0.5) is 0 Å². The zero-order valence-corrected chi connectivity index (χ0v) is 24.4. The van der Waals surface area contributed by atoms with Gasteiger partial charge in [0.25, 0.3) is 0 Å². The smallest absolute Gasteiger partial charge is 0.353 e. The van der Waals surface area contributed by atoms with Crippen LogP contribution in [0.1, 0.15) is 46.4 Å². The average molecular weight is 553 g/mol. The second-order valence-corrected chi connectivity index (χ2v) is 17.9. The topological polar surface area (TPSA) is 115 Å². The van der Waals surface area contributed by atoms with Crippen LogP contribution < -0.4 is 9.87 Å². The van der Waals surface area contributed by atoms with Gasteiger partial charge in [0.05, 0.1) is 6.61 Å². The number of hydrogen-bond acceptors (Lipinski definition) is 9. The molecule has 10 nitrogen and oxygen atoms in total. The fourth-order valence-corrected chi connectivity index (χ4v) is 5.92. The highest BCUT2D eigenvalue weighted by atomic mass is 32.2. The molecule has 0 aliphatic carbocycles. The summed E-state index contributed by atoms with van der Waals surface area (Å²) in [5, 5.41) is 0.0202. The Morgan fingerprint density at radius 2 is 1.70 bits per heavy atom. The first-order valence-corrected chi connectivity index (χ1v) is 16.6. The molecule has 2 aliphatic rings. The van der Waals surface area contributed by atoms with Crippen LogP contribution in [0.3, 0.4) is 0 Å². The number of fused-ring (bicyclic) bond motifs is 1. The molecule has 0 saturated carbocycles. The summed E-state index contributed by atoms with van der Waals surface area (Å²) in [5.41, 5.74) is 0.170. The Balaban J connectivity index is 1.55. The van der Waals surface area contributed by atoms with Crippen LogP contribution in [0.2, 0.25) is 18.1 Å². The summed E-state index contributed by atoms with van der Waals surface area (Å²) < 4.78 is 56.4. The van der Waals surface area contributed by atoms with Crippen LogP contribution in [0, 0.1) is 6.92 Å². The maximum absolute atomic E-state index is 13.0. The second kappa shape index (κ2) is 9.58. The van der Waals surface area contributed by atoms with Crippen LogP contribution in [0.15, 0.2) is 46.2 Å². The predicted octanol–water partition coefficient (Wildman–Crippen LogP) is 3.76. The number of nitrogens with zero attached hydrogens (tertiary/aromatic N) is 2. The molecule has 204 valence electrons. The van der Waals surface area contributed by atoms with E-state index < -0.39 is 54.5 Å². The highest BCUT2D eigenvalue weighted by molar-refractivity contribution is 7.87. The molecule has 1 aromatic heterocycles. The minimum absolute atomic E-state index is 0.0202. The third kappa shape index (κ3) is 5.84. The molecular weight excluding hydrogens is 516 g/mol. The van der Waals surface area contributed by atoms with Gasteiger partial charge < -0.3 is 22.8 Å². The molecule has 0 N–H and O–H groups in total. The van der Waals surface area contributed by atoms with Gasteiger partial charge in [-0.25, -0.2) is 4.79 Å². The SMILES string of the molecule is Cc1ccc(S(=O)(=O)Oc2ccn([C@@H]3O[C@H](CO[Si](C)(C)C(C)(C)C)[C@H]4OC(C)(C)O[C@H]43)c(=O)n2)cc1. The molecule has 2 fully saturated rings. The number of ether oxygens (including phenoxy) is 3. The average Bonchev–Trinajstić information content (AvgIpc) is 3.25. The normalized spacial score (nSPS) is 25.7. The van der Waals surface area contributed by atoms with Crippen LogP contribution in [-0.2, 0) is 28.8 Å². The molecule has 4 atom stereocenters. The van der Waals surface area contributed by atoms with Crippen molar-refractivity contribution in [2.45, 2.75) is 94.9 Å².